The van der Waals surface area contributed by atoms with Crippen LogP contribution in [0, 0.1) is 10.7 Å². The molecule has 0 saturated carbocycles. The van der Waals surface area contributed by atoms with E-state index in [4.69, 9.17) is 26.1 Å². The van der Waals surface area contributed by atoms with Crippen molar-refractivity contribution in [3.8, 4) is 23.0 Å². The van der Waals surface area contributed by atoms with E-state index in [0.717, 1.165) is 31.0 Å². The zero-order valence-electron chi connectivity index (χ0n) is 15.6. The van der Waals surface area contributed by atoms with Gasteiger partial charge in [-0.05, 0) is 66.2 Å². The second kappa shape index (κ2) is 7.73. The molecule has 0 atom stereocenters. The minimum Gasteiger partial charge on any atom is -0.493 e. The molecule has 0 fully saturated rings. The Bertz CT molecular complexity index is 1050. The van der Waals surface area contributed by atoms with Gasteiger partial charge >= 0.3 is 0 Å². The summed E-state index contributed by atoms with van der Waals surface area (Å²) in [4.78, 5) is 2.53. The van der Waals surface area contributed by atoms with Gasteiger partial charge in [0.2, 0.25) is 5.89 Å². The fourth-order valence-electron chi connectivity index (χ4n) is 3.36. The highest BCUT2D eigenvalue weighted by atomic mass is 32.1. The fourth-order valence-corrected chi connectivity index (χ4v) is 3.53. The minimum atomic E-state index is -0.305. The molecule has 1 aliphatic rings. The molecule has 0 unspecified atom stereocenters. The Hall–Kier alpha value is -2.71. The van der Waals surface area contributed by atoms with Crippen LogP contribution in [0.3, 0.4) is 0 Å². The Labute approximate surface area is 167 Å². The number of rotatable bonds is 5. The molecule has 28 heavy (non-hydrogen) atoms. The number of benzene rings is 2. The van der Waals surface area contributed by atoms with Crippen LogP contribution in [0.1, 0.15) is 11.1 Å². The van der Waals surface area contributed by atoms with Crippen molar-refractivity contribution < 1.29 is 18.3 Å². The van der Waals surface area contributed by atoms with Crippen LogP contribution in [0.5, 0.6) is 11.5 Å². The van der Waals surface area contributed by atoms with E-state index in [1.807, 2.05) is 12.1 Å². The molecule has 0 amide bonds. The van der Waals surface area contributed by atoms with E-state index in [1.165, 1.54) is 23.3 Å². The predicted octanol–water partition coefficient (Wildman–Crippen LogP) is 4.04. The summed E-state index contributed by atoms with van der Waals surface area (Å²) in [5.41, 5.74) is 3.13. The van der Waals surface area contributed by atoms with E-state index < -0.39 is 0 Å². The maximum Gasteiger partial charge on any atom is 0.288 e. The lowest BCUT2D eigenvalue weighted by Gasteiger charge is -2.29. The number of aromatic nitrogens is 2. The van der Waals surface area contributed by atoms with Gasteiger partial charge in [0.25, 0.3) is 4.84 Å². The molecule has 0 N–H and O–H groups in total. The number of fused-ring (bicyclic) bond motifs is 1. The van der Waals surface area contributed by atoms with Crippen molar-refractivity contribution in [2.75, 3.05) is 20.8 Å². The van der Waals surface area contributed by atoms with Gasteiger partial charge in [-0.2, -0.15) is 0 Å². The van der Waals surface area contributed by atoms with Gasteiger partial charge in [-0.15, -0.1) is 5.10 Å². The Morgan fingerprint density at radius 1 is 1.11 bits per heavy atom. The van der Waals surface area contributed by atoms with Gasteiger partial charge < -0.3 is 13.9 Å². The van der Waals surface area contributed by atoms with Crippen LogP contribution in [-0.2, 0) is 19.6 Å². The molecule has 4 rings (SSSR count). The lowest BCUT2D eigenvalue weighted by atomic mass is 9.99. The molecule has 0 saturated heterocycles. The molecular weight excluding hydrogens is 381 g/mol. The van der Waals surface area contributed by atoms with Crippen molar-refractivity contribution in [2.45, 2.75) is 19.6 Å². The highest BCUT2D eigenvalue weighted by molar-refractivity contribution is 7.71. The largest absolute Gasteiger partial charge is 0.493 e. The lowest BCUT2D eigenvalue weighted by molar-refractivity contribution is 0.185. The van der Waals surface area contributed by atoms with Crippen LogP contribution in [-0.4, -0.2) is 35.4 Å². The number of methoxy groups -OCH3 is 2. The van der Waals surface area contributed by atoms with Gasteiger partial charge in [-0.1, -0.05) is 0 Å². The molecule has 3 aromatic rings. The second-order valence-corrected chi connectivity index (χ2v) is 6.95. The summed E-state index contributed by atoms with van der Waals surface area (Å²) in [6.07, 6.45) is 0.895. The van der Waals surface area contributed by atoms with E-state index in [0.29, 0.717) is 18.1 Å². The Balaban J connectivity index is 1.53. The van der Waals surface area contributed by atoms with Crippen LogP contribution < -0.4 is 9.47 Å². The zero-order valence-corrected chi connectivity index (χ0v) is 16.5. The van der Waals surface area contributed by atoms with Crippen molar-refractivity contribution in [1.29, 1.82) is 0 Å². The maximum absolute atomic E-state index is 13.1. The van der Waals surface area contributed by atoms with Gasteiger partial charge in [-0.3, -0.25) is 4.90 Å². The van der Waals surface area contributed by atoms with Gasteiger partial charge in [0, 0.05) is 18.7 Å². The average molecular weight is 401 g/mol. The topological polar surface area (TPSA) is 52.7 Å². The third-order valence-electron chi connectivity index (χ3n) is 4.83. The zero-order chi connectivity index (χ0) is 19.7. The summed E-state index contributed by atoms with van der Waals surface area (Å²) in [5, 5.41) is 4.46. The van der Waals surface area contributed by atoms with Crippen LogP contribution >= 0.6 is 12.2 Å². The van der Waals surface area contributed by atoms with Gasteiger partial charge in [0.15, 0.2) is 11.5 Å². The van der Waals surface area contributed by atoms with E-state index in [1.54, 1.807) is 31.0 Å². The normalized spacial score (nSPS) is 14.0. The molecule has 2 aromatic carbocycles. The smallest absolute Gasteiger partial charge is 0.288 e. The fraction of sp³-hybridized carbons (Fsp3) is 0.300. The van der Waals surface area contributed by atoms with Crippen LogP contribution in [0.2, 0.25) is 0 Å². The van der Waals surface area contributed by atoms with Gasteiger partial charge in [0.05, 0.1) is 20.9 Å². The summed E-state index contributed by atoms with van der Waals surface area (Å²) in [6, 6.07) is 10.0. The quantitative estimate of drug-likeness (QED) is 0.602. The first-order chi connectivity index (χ1) is 13.6. The van der Waals surface area contributed by atoms with Crippen LogP contribution in [0.15, 0.2) is 40.8 Å². The number of halogens is 1. The molecule has 1 aliphatic heterocycles. The molecule has 1 aromatic heterocycles. The minimum absolute atomic E-state index is 0.289. The molecular formula is C20H20FN3O3S. The second-order valence-electron chi connectivity index (χ2n) is 6.60. The molecule has 0 aliphatic carbocycles. The summed E-state index contributed by atoms with van der Waals surface area (Å²) >= 11 is 5.31. The molecule has 0 spiro atoms. The Kier molecular flexibility index (Phi) is 5.15. The molecule has 0 radical (unpaired) electrons. The number of ether oxygens (including phenoxy) is 2. The Morgan fingerprint density at radius 2 is 1.79 bits per heavy atom. The number of hydrogen-bond acceptors (Lipinski definition) is 6. The highest BCUT2D eigenvalue weighted by Gasteiger charge is 2.21. The summed E-state index contributed by atoms with van der Waals surface area (Å²) < 4.78 is 31.2. The predicted molar refractivity (Wildman–Crippen MR) is 104 cm³/mol. The van der Waals surface area contributed by atoms with Crippen molar-refractivity contribution in [1.82, 2.24) is 14.7 Å². The van der Waals surface area contributed by atoms with Crippen LogP contribution in [0.4, 0.5) is 4.39 Å². The standard InChI is InChI=1S/C20H20FN3O3S/c1-25-17-9-14-7-8-23(11-15(14)10-18(17)26-2)12-24-20(28)27-19(22-24)13-3-5-16(21)6-4-13/h3-6,9-10H,7-8,11-12H2,1-2H3. The van der Waals surface area contributed by atoms with Crippen molar-refractivity contribution in [3.05, 3.63) is 58.2 Å². The third-order valence-corrected chi connectivity index (χ3v) is 5.12. The molecule has 8 heteroatoms. The van der Waals surface area contributed by atoms with Crippen molar-refractivity contribution >= 4 is 12.2 Å². The van der Waals surface area contributed by atoms with Crippen LogP contribution in [0.25, 0.3) is 11.5 Å². The molecule has 6 nitrogen and oxygen atoms in total. The molecule has 0 bridgehead atoms. The van der Waals surface area contributed by atoms with Gasteiger partial charge in [0.1, 0.15) is 5.82 Å². The monoisotopic (exact) mass is 401 g/mol. The Morgan fingerprint density at radius 3 is 2.46 bits per heavy atom. The summed E-state index contributed by atoms with van der Waals surface area (Å²) in [6.45, 7) is 2.12. The first-order valence-electron chi connectivity index (χ1n) is 8.87. The average Bonchev–Trinajstić information content (AvgIpc) is 3.07. The van der Waals surface area contributed by atoms with E-state index in [9.17, 15) is 4.39 Å². The van der Waals surface area contributed by atoms with Gasteiger partial charge in [-0.25, -0.2) is 9.07 Å². The maximum atomic E-state index is 13.1. The van der Waals surface area contributed by atoms with Crippen molar-refractivity contribution in [3.63, 3.8) is 0 Å². The molecule has 146 valence electrons. The highest BCUT2D eigenvalue weighted by Crippen LogP contribution is 2.33. The van der Waals surface area contributed by atoms with E-state index >= 15 is 0 Å². The van der Waals surface area contributed by atoms with Crippen molar-refractivity contribution in [2.24, 2.45) is 0 Å². The summed E-state index contributed by atoms with van der Waals surface area (Å²) in [5.74, 6) is 1.55. The lowest BCUT2D eigenvalue weighted by Crippen LogP contribution is -2.32. The third kappa shape index (κ3) is 3.65. The first kappa shape index (κ1) is 18.6. The van der Waals surface area contributed by atoms with E-state index in [-0.39, 0.29) is 10.7 Å². The van der Waals surface area contributed by atoms with E-state index in [2.05, 4.69) is 10.00 Å². The summed E-state index contributed by atoms with van der Waals surface area (Å²) in [7, 11) is 3.28. The SMILES string of the molecule is COc1cc2c(cc1OC)CN(Cn1nc(-c3ccc(F)cc3)oc1=S)CC2. The molecule has 2 heterocycles. The first-order valence-corrected chi connectivity index (χ1v) is 9.28. The number of nitrogens with zero attached hydrogens (tertiary/aromatic N) is 3. The number of hydrogen-bond donors (Lipinski definition) is 0.